The zero-order valence-electron chi connectivity index (χ0n) is 11.9. The van der Waals surface area contributed by atoms with Gasteiger partial charge in [0.2, 0.25) is 11.8 Å². The zero-order valence-corrected chi connectivity index (χ0v) is 11.9. The lowest BCUT2D eigenvalue weighted by molar-refractivity contribution is -0.145. The van der Waals surface area contributed by atoms with Gasteiger partial charge in [0.1, 0.15) is 6.04 Å². The molecule has 1 heterocycles. The molecule has 7 heteroatoms. The van der Waals surface area contributed by atoms with Crippen LogP contribution in [0.5, 0.6) is 0 Å². The quantitative estimate of drug-likeness (QED) is 0.618. The van der Waals surface area contributed by atoms with Crippen LogP contribution in [0.2, 0.25) is 0 Å². The van der Waals surface area contributed by atoms with Crippen LogP contribution in [0.25, 0.3) is 0 Å². The third-order valence-corrected chi connectivity index (χ3v) is 3.27. The van der Waals surface area contributed by atoms with Gasteiger partial charge in [0.05, 0.1) is 25.6 Å². The van der Waals surface area contributed by atoms with Crippen molar-refractivity contribution in [3.05, 3.63) is 0 Å². The number of primary amides is 1. The Hall–Kier alpha value is -1.63. The molecule has 1 aliphatic heterocycles. The maximum Gasteiger partial charge on any atom is 0.306 e. The Labute approximate surface area is 118 Å². The Morgan fingerprint density at radius 1 is 1.45 bits per heavy atom. The summed E-state index contributed by atoms with van der Waals surface area (Å²) in [5, 5.41) is 2.60. The monoisotopic (exact) mass is 286 g/mol. The minimum atomic E-state index is -0.882. The molecular formula is C13H22N2O5. The minimum absolute atomic E-state index is 0.0306. The molecule has 2 amide bonds. The molecule has 1 rings (SSSR count). The summed E-state index contributed by atoms with van der Waals surface area (Å²) in [5.74, 6) is -2.01. The second kappa shape index (κ2) is 7.84. The van der Waals surface area contributed by atoms with Crippen LogP contribution < -0.4 is 11.1 Å². The number of rotatable bonds is 7. The zero-order chi connectivity index (χ0) is 15.1. The maximum absolute atomic E-state index is 12.0. The van der Waals surface area contributed by atoms with Gasteiger partial charge in [-0.25, -0.2) is 0 Å². The molecule has 0 radical (unpaired) electrons. The fraction of sp³-hybridized carbons (Fsp3) is 0.769. The highest BCUT2D eigenvalue weighted by molar-refractivity contribution is 5.88. The molecule has 1 fully saturated rings. The van der Waals surface area contributed by atoms with Crippen LogP contribution >= 0.6 is 0 Å². The van der Waals surface area contributed by atoms with Gasteiger partial charge in [-0.3, -0.25) is 14.4 Å². The van der Waals surface area contributed by atoms with E-state index in [0.717, 1.165) is 0 Å². The maximum atomic E-state index is 12.0. The van der Waals surface area contributed by atoms with E-state index in [1.807, 2.05) is 0 Å². The predicted molar refractivity (Wildman–Crippen MR) is 70.5 cm³/mol. The van der Waals surface area contributed by atoms with Gasteiger partial charge >= 0.3 is 5.97 Å². The van der Waals surface area contributed by atoms with E-state index in [1.165, 1.54) is 0 Å². The summed E-state index contributed by atoms with van der Waals surface area (Å²) < 4.78 is 9.95. The summed E-state index contributed by atoms with van der Waals surface area (Å²) >= 11 is 0. The third-order valence-electron chi connectivity index (χ3n) is 3.27. The minimum Gasteiger partial charge on any atom is -0.466 e. The molecule has 7 nitrogen and oxygen atoms in total. The second-order valence-corrected chi connectivity index (χ2v) is 4.94. The first-order valence-electron chi connectivity index (χ1n) is 6.78. The molecule has 0 aromatic carbocycles. The average molecular weight is 286 g/mol. The van der Waals surface area contributed by atoms with Crippen molar-refractivity contribution in [1.82, 2.24) is 5.32 Å². The largest absolute Gasteiger partial charge is 0.466 e. The second-order valence-electron chi connectivity index (χ2n) is 4.94. The fourth-order valence-electron chi connectivity index (χ4n) is 2.11. The van der Waals surface area contributed by atoms with Crippen LogP contribution in [0.3, 0.4) is 0 Å². The van der Waals surface area contributed by atoms with Crippen LogP contribution in [0.15, 0.2) is 0 Å². The number of esters is 1. The summed E-state index contributed by atoms with van der Waals surface area (Å²) in [4.78, 5) is 34.8. The first-order valence-corrected chi connectivity index (χ1v) is 6.78. The number of ether oxygens (including phenoxy) is 2. The van der Waals surface area contributed by atoms with E-state index in [9.17, 15) is 14.4 Å². The van der Waals surface area contributed by atoms with Gasteiger partial charge in [-0.05, 0) is 19.3 Å². The first-order chi connectivity index (χ1) is 9.45. The first kappa shape index (κ1) is 16.4. The highest BCUT2D eigenvalue weighted by Gasteiger charge is 2.31. The Balaban J connectivity index is 2.56. The number of carbonyl (C=O) groups is 3. The Kier molecular flexibility index (Phi) is 6.44. The molecule has 3 N–H and O–H groups in total. The van der Waals surface area contributed by atoms with Gasteiger partial charge in [0.25, 0.3) is 0 Å². The highest BCUT2D eigenvalue weighted by Crippen LogP contribution is 2.15. The van der Waals surface area contributed by atoms with Crippen LogP contribution in [-0.4, -0.2) is 43.6 Å². The van der Waals surface area contributed by atoms with E-state index in [0.29, 0.717) is 19.6 Å². The van der Waals surface area contributed by atoms with Crippen molar-refractivity contribution in [2.45, 2.75) is 32.7 Å². The molecule has 114 valence electrons. The summed E-state index contributed by atoms with van der Waals surface area (Å²) in [7, 11) is 0. The summed E-state index contributed by atoms with van der Waals surface area (Å²) in [6.45, 7) is 4.55. The van der Waals surface area contributed by atoms with E-state index in [4.69, 9.17) is 15.2 Å². The van der Waals surface area contributed by atoms with Gasteiger partial charge in [-0.1, -0.05) is 6.92 Å². The molecule has 0 unspecified atom stereocenters. The lowest BCUT2D eigenvalue weighted by Crippen LogP contribution is -2.50. The molecule has 0 aromatic rings. The smallest absolute Gasteiger partial charge is 0.306 e. The molecule has 0 spiro atoms. The summed E-state index contributed by atoms with van der Waals surface area (Å²) in [6, 6.07) is -0.882. The Bertz CT molecular complexity index is 366. The fourth-order valence-corrected chi connectivity index (χ4v) is 2.11. The molecule has 0 saturated carbocycles. The topological polar surface area (TPSA) is 108 Å². The molecule has 20 heavy (non-hydrogen) atoms. The molecule has 0 aliphatic carbocycles. The van der Waals surface area contributed by atoms with E-state index in [1.54, 1.807) is 13.8 Å². The molecule has 3 atom stereocenters. The van der Waals surface area contributed by atoms with E-state index < -0.39 is 23.8 Å². The Morgan fingerprint density at radius 2 is 2.15 bits per heavy atom. The Morgan fingerprint density at radius 3 is 2.65 bits per heavy atom. The normalized spacial score (nSPS) is 21.0. The number of carbonyl (C=O) groups excluding carboxylic acids is 3. The van der Waals surface area contributed by atoms with Crippen molar-refractivity contribution in [3.63, 3.8) is 0 Å². The van der Waals surface area contributed by atoms with Crippen molar-refractivity contribution in [2.75, 3.05) is 19.8 Å². The number of nitrogens with one attached hydrogen (secondary N) is 1. The van der Waals surface area contributed by atoms with Gasteiger partial charge in [-0.2, -0.15) is 0 Å². The van der Waals surface area contributed by atoms with E-state index in [2.05, 4.69) is 5.32 Å². The summed E-state index contributed by atoms with van der Waals surface area (Å²) in [5.41, 5.74) is 5.30. The van der Waals surface area contributed by atoms with Crippen molar-refractivity contribution >= 4 is 17.8 Å². The van der Waals surface area contributed by atoms with E-state index >= 15 is 0 Å². The van der Waals surface area contributed by atoms with Crippen LogP contribution in [0, 0.1) is 11.8 Å². The number of amides is 2. The van der Waals surface area contributed by atoms with Crippen molar-refractivity contribution in [2.24, 2.45) is 17.6 Å². The van der Waals surface area contributed by atoms with Gasteiger partial charge < -0.3 is 20.5 Å². The number of hydrogen-bond acceptors (Lipinski definition) is 5. The van der Waals surface area contributed by atoms with Crippen molar-refractivity contribution < 1.29 is 23.9 Å². The average Bonchev–Trinajstić information content (AvgIpc) is 2.89. The van der Waals surface area contributed by atoms with Gasteiger partial charge in [0, 0.05) is 6.61 Å². The molecule has 0 aromatic heterocycles. The van der Waals surface area contributed by atoms with Crippen LogP contribution in [0.1, 0.15) is 26.7 Å². The van der Waals surface area contributed by atoms with Gasteiger partial charge in [-0.15, -0.1) is 0 Å². The molecule has 1 aliphatic rings. The van der Waals surface area contributed by atoms with Crippen molar-refractivity contribution in [1.29, 1.82) is 0 Å². The number of hydrogen-bond donors (Lipinski definition) is 2. The standard InChI is InChI=1S/C13H22N2O5/c1-3-20-10(16)6-8(2)11(12(14)17)15-13(18)9-4-5-19-7-9/h8-9,11H,3-7H2,1-2H3,(H2,14,17)(H,15,18)/t8-,9+,11+/m1/s1. The molecular weight excluding hydrogens is 264 g/mol. The van der Waals surface area contributed by atoms with Crippen LogP contribution in [-0.2, 0) is 23.9 Å². The molecule has 0 bridgehead atoms. The third kappa shape index (κ3) is 4.80. The lowest BCUT2D eigenvalue weighted by Gasteiger charge is -2.23. The summed E-state index contributed by atoms with van der Waals surface area (Å²) in [6.07, 6.45) is 0.659. The van der Waals surface area contributed by atoms with E-state index in [-0.39, 0.29) is 24.9 Å². The highest BCUT2D eigenvalue weighted by atomic mass is 16.5. The predicted octanol–water partition coefficient (Wildman–Crippen LogP) is -0.418. The van der Waals surface area contributed by atoms with Crippen molar-refractivity contribution in [3.8, 4) is 0 Å². The SMILES string of the molecule is CCOC(=O)C[C@@H](C)[C@H](NC(=O)[C@H]1CCOC1)C(N)=O. The number of nitrogens with two attached hydrogens (primary N) is 1. The lowest BCUT2D eigenvalue weighted by atomic mass is 9.96. The van der Waals surface area contributed by atoms with Gasteiger partial charge in [0.15, 0.2) is 0 Å². The molecule has 1 saturated heterocycles. The van der Waals surface area contributed by atoms with Crippen LogP contribution in [0.4, 0.5) is 0 Å².